The van der Waals surface area contributed by atoms with Crippen LogP contribution in [0.1, 0.15) is 84.6 Å². The Kier molecular flexibility index (Phi) is 14.6. The smallest absolute Gasteiger partial charge is 0.261 e. The van der Waals surface area contributed by atoms with E-state index in [9.17, 15) is 0 Å². The van der Waals surface area contributed by atoms with Gasteiger partial charge in [-0.3, -0.25) is 0 Å². The molecule has 0 amide bonds. The number of ether oxygens (including phenoxy) is 13. The van der Waals surface area contributed by atoms with Crippen molar-refractivity contribution in [3.8, 4) is 0 Å². The second kappa shape index (κ2) is 19.8. The molecule has 6 aliphatic rings. The van der Waals surface area contributed by atoms with Gasteiger partial charge in [0.15, 0.2) is 12.6 Å². The number of methoxy groups -OCH3 is 5. The van der Waals surface area contributed by atoms with Crippen LogP contribution >= 0.6 is 0 Å². The summed E-state index contributed by atoms with van der Waals surface area (Å²) >= 11 is 0. The van der Waals surface area contributed by atoms with Gasteiger partial charge in [-0.25, -0.2) is 0 Å². The maximum absolute atomic E-state index is 7.54. The highest BCUT2D eigenvalue weighted by molar-refractivity contribution is 6.99. The first-order valence-corrected chi connectivity index (χ1v) is 26.1. The lowest BCUT2D eigenvalue weighted by molar-refractivity contribution is -0.511. The summed E-state index contributed by atoms with van der Waals surface area (Å²) in [4.78, 5) is 0. The number of benzene rings is 3. The Bertz CT molecular complexity index is 2020. The predicted octanol–water partition coefficient (Wildman–Crippen LogP) is 6.74. The molecular weight excluding hydrogens is 877 g/mol. The Balaban J connectivity index is 1.09. The predicted molar refractivity (Wildman–Crippen MR) is 249 cm³/mol. The van der Waals surface area contributed by atoms with Crippen LogP contribution in [0.5, 0.6) is 0 Å². The lowest BCUT2D eigenvalue weighted by Gasteiger charge is -2.62. The molecule has 4 heterocycles. The molecule has 0 bridgehead atoms. The van der Waals surface area contributed by atoms with Gasteiger partial charge in [0.2, 0.25) is 23.1 Å². The quantitative estimate of drug-likeness (QED) is 0.149. The van der Waals surface area contributed by atoms with Crippen LogP contribution in [0.25, 0.3) is 0 Å². The maximum atomic E-state index is 7.54. The summed E-state index contributed by atoms with van der Waals surface area (Å²) in [5.74, 6) is -4.85. The van der Waals surface area contributed by atoms with Gasteiger partial charge in [-0.05, 0) is 53.6 Å². The van der Waals surface area contributed by atoms with Crippen molar-refractivity contribution >= 4 is 18.7 Å². The molecule has 3 aromatic rings. The Morgan fingerprint density at radius 2 is 1.00 bits per heavy atom. The lowest BCUT2D eigenvalue weighted by atomic mass is 9.83. The summed E-state index contributed by atoms with van der Waals surface area (Å²) < 4.78 is 96.0. The maximum Gasteiger partial charge on any atom is 0.261 e. The topological polar surface area (TPSA) is 129 Å². The molecule has 6 fully saturated rings. The molecule has 14 atom stereocenters. The molecule has 2 aliphatic carbocycles. The van der Waals surface area contributed by atoms with Gasteiger partial charge >= 0.3 is 0 Å². The molecule has 368 valence electrons. The average Bonchev–Trinajstić information content (AvgIpc) is 3.36. The molecule has 4 saturated heterocycles. The molecule has 3 aromatic carbocycles. The first-order valence-electron chi connectivity index (χ1n) is 24.2. The molecule has 2 saturated carbocycles. The summed E-state index contributed by atoms with van der Waals surface area (Å²) in [5.41, 5.74) is 0.970. The van der Waals surface area contributed by atoms with E-state index in [1.165, 1.54) is 0 Å². The van der Waals surface area contributed by atoms with Gasteiger partial charge in [-0.1, -0.05) is 112 Å². The monoisotopic (exact) mass is 948 g/mol. The molecule has 0 radical (unpaired) electrons. The highest BCUT2D eigenvalue weighted by Crippen LogP contribution is 2.54. The number of hydrogen-bond donors (Lipinski definition) is 0. The zero-order valence-electron chi connectivity index (χ0n) is 40.7. The molecule has 0 N–H and O–H groups in total. The molecule has 9 rings (SSSR count). The van der Waals surface area contributed by atoms with Crippen molar-refractivity contribution < 1.29 is 66.0 Å². The normalized spacial score (nSPS) is 38.8. The van der Waals surface area contributed by atoms with Crippen LogP contribution < -0.4 is 10.4 Å². The number of hydrogen-bond acceptors (Lipinski definition) is 14. The summed E-state index contributed by atoms with van der Waals surface area (Å²) in [7, 11) is 5.15. The molecule has 0 aromatic heterocycles. The van der Waals surface area contributed by atoms with Gasteiger partial charge in [0, 0.05) is 61.2 Å². The van der Waals surface area contributed by atoms with Gasteiger partial charge in [0.25, 0.3) is 8.32 Å². The highest BCUT2D eigenvalue weighted by atomic mass is 28.4. The van der Waals surface area contributed by atoms with Gasteiger partial charge in [0.1, 0.15) is 42.7 Å². The van der Waals surface area contributed by atoms with Crippen molar-refractivity contribution in [2.45, 2.75) is 175 Å². The minimum absolute atomic E-state index is 0.152. The first-order chi connectivity index (χ1) is 32.4. The molecule has 4 aliphatic heterocycles. The van der Waals surface area contributed by atoms with Crippen LogP contribution in [0.15, 0.2) is 91.0 Å². The van der Waals surface area contributed by atoms with E-state index in [4.69, 9.17) is 66.0 Å². The Morgan fingerprint density at radius 3 is 1.46 bits per heavy atom. The average molecular weight is 949 g/mol. The zero-order valence-corrected chi connectivity index (χ0v) is 41.7. The minimum atomic E-state index is -3.04. The van der Waals surface area contributed by atoms with Gasteiger partial charge in [-0.15, -0.1) is 0 Å². The second-order valence-corrected chi connectivity index (χ2v) is 24.2. The third-order valence-corrected chi connectivity index (χ3v) is 20.3. The van der Waals surface area contributed by atoms with Crippen LogP contribution in [0.3, 0.4) is 0 Å². The Labute approximate surface area is 397 Å². The van der Waals surface area contributed by atoms with E-state index in [1.54, 1.807) is 35.5 Å². The van der Waals surface area contributed by atoms with Crippen molar-refractivity contribution in [1.29, 1.82) is 0 Å². The Hall–Kier alpha value is -2.68. The third-order valence-electron chi connectivity index (χ3n) is 15.3. The van der Waals surface area contributed by atoms with E-state index in [2.05, 4.69) is 69.3 Å². The summed E-state index contributed by atoms with van der Waals surface area (Å²) in [5, 5.41) is 2.00. The van der Waals surface area contributed by atoms with E-state index in [0.717, 1.165) is 41.6 Å². The molecule has 0 unspecified atom stereocenters. The van der Waals surface area contributed by atoms with Gasteiger partial charge in [0.05, 0.1) is 19.3 Å². The molecule has 15 heteroatoms. The fraction of sp³-hybridized carbons (Fsp3) is 0.654. The van der Waals surface area contributed by atoms with Crippen LogP contribution in [-0.4, -0.2) is 135 Å². The summed E-state index contributed by atoms with van der Waals surface area (Å²) in [6.45, 7) is 9.12. The number of fused-ring (bicyclic) bond motifs is 4. The third kappa shape index (κ3) is 8.50. The van der Waals surface area contributed by atoms with Gasteiger partial charge in [-0.2, -0.15) is 0 Å². The van der Waals surface area contributed by atoms with E-state index in [-0.39, 0.29) is 18.3 Å². The second-order valence-electron chi connectivity index (χ2n) is 19.9. The van der Waals surface area contributed by atoms with Crippen LogP contribution in [0.4, 0.5) is 0 Å². The Morgan fingerprint density at radius 1 is 0.552 bits per heavy atom. The highest BCUT2D eigenvalue weighted by Gasteiger charge is 2.70. The standard InChI is InChI=1S/C52H72O14Si/c1-35-40-42(65-51(56-8)31-21-19-29-49(51,54-6)63-40)44(58-33-36-23-13-10-14-24-36)47(60-35)62-45-43-41(64-50(55-7)30-20-22-32-52(50,57-9)66-43)39(61-46(45)53-5)34-59-67(48(2,3)4,37-25-15-11-16-26-37)38-27-17-12-18-28-38/h10-18,23-28,35,39-47H,19-22,29-34H2,1-9H3/t35-,39+,40-,41+,42+,43-,44+,45-,46-,47-,49-,50-,51-,52-/m0/s1. The van der Waals surface area contributed by atoms with E-state index < -0.39 is 92.9 Å². The molecule has 67 heavy (non-hydrogen) atoms. The fourth-order valence-electron chi connectivity index (χ4n) is 12.0. The summed E-state index contributed by atoms with van der Waals surface area (Å²) in [6.07, 6.45) is -2.16. The first kappa shape index (κ1) is 49.3. The number of rotatable bonds is 15. The van der Waals surface area contributed by atoms with Crippen molar-refractivity contribution in [3.63, 3.8) is 0 Å². The van der Waals surface area contributed by atoms with Crippen molar-refractivity contribution in [2.75, 3.05) is 42.2 Å². The van der Waals surface area contributed by atoms with E-state index >= 15 is 0 Å². The van der Waals surface area contributed by atoms with Crippen molar-refractivity contribution in [2.24, 2.45) is 0 Å². The van der Waals surface area contributed by atoms with E-state index in [1.807, 2.05) is 49.4 Å². The van der Waals surface area contributed by atoms with E-state index in [0.29, 0.717) is 25.7 Å². The molecule has 0 spiro atoms. The van der Waals surface area contributed by atoms with Crippen molar-refractivity contribution in [1.82, 2.24) is 0 Å². The van der Waals surface area contributed by atoms with Crippen LogP contribution in [0.2, 0.25) is 5.04 Å². The van der Waals surface area contributed by atoms with Crippen LogP contribution in [0, 0.1) is 0 Å². The lowest BCUT2D eigenvalue weighted by Crippen LogP contribution is -2.77. The largest absolute Gasteiger partial charge is 0.405 e. The minimum Gasteiger partial charge on any atom is -0.405 e. The molecule has 14 nitrogen and oxygen atoms in total. The summed E-state index contributed by atoms with van der Waals surface area (Å²) in [6, 6.07) is 31.1. The van der Waals surface area contributed by atoms with Crippen LogP contribution in [-0.2, 0) is 72.6 Å². The van der Waals surface area contributed by atoms with Crippen molar-refractivity contribution in [3.05, 3.63) is 96.6 Å². The van der Waals surface area contributed by atoms with Gasteiger partial charge < -0.3 is 66.0 Å². The zero-order chi connectivity index (χ0) is 47.1. The SMILES string of the molecule is CO[C@H]1O[C@H](CO[Si](c2ccccc2)(c2ccccc2)C(C)(C)C)[C@H]2O[C@@]3(OC)CCCC[C@]3(OC)O[C@@H]2[C@@H]1O[C@@H]1O[C@@H](C)[C@@H]2O[C@@]3(OC)CCCC[C@]3(OC)O[C@H]2[C@H]1OCc1ccccc1. The fourth-order valence-corrected chi connectivity index (χ4v) is 16.5. The molecular formula is C52H72O14Si.